The molecule has 0 fully saturated rings. The largest absolute Gasteiger partial charge is 0.481 e. The van der Waals surface area contributed by atoms with Crippen molar-refractivity contribution in [1.29, 1.82) is 0 Å². The van der Waals surface area contributed by atoms with Crippen LogP contribution in [0, 0.1) is 6.92 Å². The summed E-state index contributed by atoms with van der Waals surface area (Å²) < 4.78 is 13.6. The standard InChI is InChI=1S/C28H30ClN3O2S.C2H6/c1-19(2)27-28(35-24-13-20(3)12-23(29)14-24)32(16-22-10-11-26(33-4)30-15-22)25(31-27)18-34-17-21-8-6-5-7-9-21;1-2/h5-15,19H,16-18H2,1-4H3;1-2H3. The molecule has 0 N–H and O–H groups in total. The number of ether oxygens (including phenoxy) is 2. The maximum absolute atomic E-state index is 6.37. The molecule has 2 aromatic heterocycles. The molecule has 0 amide bonds. The molecule has 4 rings (SSSR count). The first kappa shape index (κ1) is 28.8. The molecule has 0 bridgehead atoms. The van der Waals surface area contributed by atoms with E-state index in [1.807, 2.05) is 62.5 Å². The van der Waals surface area contributed by atoms with E-state index in [-0.39, 0.29) is 5.92 Å². The van der Waals surface area contributed by atoms with Gasteiger partial charge in [-0.1, -0.05) is 87.5 Å². The average Bonchev–Trinajstić information content (AvgIpc) is 3.22. The first-order valence-electron chi connectivity index (χ1n) is 12.6. The van der Waals surface area contributed by atoms with Crippen molar-refractivity contribution in [3.05, 3.63) is 100 Å². The lowest BCUT2D eigenvalue weighted by atomic mass is 10.1. The van der Waals surface area contributed by atoms with Gasteiger partial charge < -0.3 is 14.0 Å². The SMILES string of the molecule is CC.COc1ccc(Cn2c(COCc3ccccc3)nc(C(C)C)c2Sc2cc(C)cc(Cl)c2)cn1. The molecule has 7 heteroatoms. The number of aromatic nitrogens is 3. The van der Waals surface area contributed by atoms with Gasteiger partial charge in [-0.25, -0.2) is 9.97 Å². The molecule has 0 saturated carbocycles. The predicted octanol–water partition coefficient (Wildman–Crippen LogP) is 8.31. The van der Waals surface area contributed by atoms with E-state index in [9.17, 15) is 0 Å². The summed E-state index contributed by atoms with van der Waals surface area (Å²) in [6, 6.07) is 20.2. The van der Waals surface area contributed by atoms with E-state index in [1.165, 1.54) is 0 Å². The molecule has 0 saturated heterocycles. The highest BCUT2D eigenvalue weighted by molar-refractivity contribution is 7.99. The Morgan fingerprint density at radius 3 is 2.35 bits per heavy atom. The van der Waals surface area contributed by atoms with E-state index in [0.717, 1.165) is 43.2 Å². The fourth-order valence-corrected chi connectivity index (χ4v) is 5.45. The van der Waals surface area contributed by atoms with Gasteiger partial charge in [0, 0.05) is 22.2 Å². The molecule has 0 radical (unpaired) electrons. The summed E-state index contributed by atoms with van der Waals surface area (Å²) in [4.78, 5) is 10.5. The van der Waals surface area contributed by atoms with E-state index in [4.69, 9.17) is 26.1 Å². The summed E-state index contributed by atoms with van der Waals surface area (Å²) in [5.74, 6) is 1.74. The Balaban J connectivity index is 0.00000186. The van der Waals surface area contributed by atoms with Crippen LogP contribution in [0.4, 0.5) is 0 Å². The molecule has 2 aromatic carbocycles. The quantitative estimate of drug-likeness (QED) is 0.203. The number of benzene rings is 2. The van der Waals surface area contributed by atoms with Crippen LogP contribution in [0.15, 0.2) is 76.8 Å². The van der Waals surface area contributed by atoms with Crippen molar-refractivity contribution in [2.24, 2.45) is 0 Å². The molecule has 0 unspecified atom stereocenters. The number of nitrogens with zero attached hydrogens (tertiary/aromatic N) is 3. The Labute approximate surface area is 230 Å². The lowest BCUT2D eigenvalue weighted by molar-refractivity contribution is 0.0991. The van der Waals surface area contributed by atoms with Gasteiger partial charge >= 0.3 is 0 Å². The molecule has 0 atom stereocenters. The van der Waals surface area contributed by atoms with Crippen LogP contribution >= 0.6 is 23.4 Å². The minimum Gasteiger partial charge on any atom is -0.481 e. The van der Waals surface area contributed by atoms with Gasteiger partial charge in [0.05, 0.1) is 26.0 Å². The second-order valence-corrected chi connectivity index (χ2v) is 10.2. The van der Waals surface area contributed by atoms with Crippen LogP contribution in [0.5, 0.6) is 5.88 Å². The number of hydrogen-bond acceptors (Lipinski definition) is 5. The second kappa shape index (κ2) is 14.2. The van der Waals surface area contributed by atoms with E-state index in [0.29, 0.717) is 25.6 Å². The molecule has 0 spiro atoms. The number of hydrogen-bond donors (Lipinski definition) is 0. The summed E-state index contributed by atoms with van der Waals surface area (Å²) >= 11 is 8.06. The number of rotatable bonds is 10. The minimum atomic E-state index is 0.251. The smallest absolute Gasteiger partial charge is 0.212 e. The van der Waals surface area contributed by atoms with Crippen molar-refractivity contribution < 1.29 is 9.47 Å². The molecular formula is C30H36ClN3O2S. The van der Waals surface area contributed by atoms with Gasteiger partial charge in [0.2, 0.25) is 5.88 Å². The molecular weight excluding hydrogens is 502 g/mol. The van der Waals surface area contributed by atoms with Crippen LogP contribution in [0.3, 0.4) is 0 Å². The monoisotopic (exact) mass is 537 g/mol. The zero-order chi connectivity index (χ0) is 26.8. The summed E-state index contributed by atoms with van der Waals surface area (Å²) in [5, 5.41) is 1.83. The molecule has 196 valence electrons. The van der Waals surface area contributed by atoms with Gasteiger partial charge in [-0.2, -0.15) is 0 Å². The number of pyridine rings is 1. The molecule has 0 aliphatic heterocycles. The fraction of sp³-hybridized carbons (Fsp3) is 0.333. The number of methoxy groups -OCH3 is 1. The van der Waals surface area contributed by atoms with Gasteiger partial charge in [0.25, 0.3) is 0 Å². The van der Waals surface area contributed by atoms with Crippen LogP contribution in [0.1, 0.15) is 61.8 Å². The topological polar surface area (TPSA) is 49.2 Å². The van der Waals surface area contributed by atoms with Crippen LogP contribution < -0.4 is 4.74 Å². The van der Waals surface area contributed by atoms with Gasteiger partial charge in [0.1, 0.15) is 17.5 Å². The highest BCUT2D eigenvalue weighted by Crippen LogP contribution is 2.37. The van der Waals surface area contributed by atoms with E-state index < -0.39 is 0 Å². The summed E-state index contributed by atoms with van der Waals surface area (Å²) in [6.45, 7) is 12.0. The maximum atomic E-state index is 6.37. The van der Waals surface area contributed by atoms with Gasteiger partial charge in [0.15, 0.2) is 0 Å². The number of imidazole rings is 1. The molecule has 5 nitrogen and oxygen atoms in total. The maximum Gasteiger partial charge on any atom is 0.212 e. The molecule has 2 heterocycles. The third-order valence-electron chi connectivity index (χ3n) is 5.49. The van der Waals surface area contributed by atoms with Crippen LogP contribution in [0.25, 0.3) is 0 Å². The Kier molecular flexibility index (Phi) is 11.1. The predicted molar refractivity (Wildman–Crippen MR) is 153 cm³/mol. The highest BCUT2D eigenvalue weighted by atomic mass is 35.5. The molecule has 0 aliphatic rings. The number of halogens is 1. The van der Waals surface area contributed by atoms with Crippen molar-refractivity contribution in [3.63, 3.8) is 0 Å². The Morgan fingerprint density at radius 2 is 1.73 bits per heavy atom. The molecule has 0 aliphatic carbocycles. The van der Waals surface area contributed by atoms with Crippen molar-refractivity contribution in [2.45, 2.75) is 70.2 Å². The van der Waals surface area contributed by atoms with E-state index in [2.05, 4.69) is 48.5 Å². The van der Waals surface area contributed by atoms with E-state index in [1.54, 1.807) is 18.9 Å². The molecule has 37 heavy (non-hydrogen) atoms. The van der Waals surface area contributed by atoms with E-state index >= 15 is 0 Å². The van der Waals surface area contributed by atoms with Gasteiger partial charge in [-0.15, -0.1) is 0 Å². The van der Waals surface area contributed by atoms with Crippen molar-refractivity contribution in [2.75, 3.05) is 7.11 Å². The van der Waals surface area contributed by atoms with Gasteiger partial charge in [-0.3, -0.25) is 0 Å². The first-order valence-corrected chi connectivity index (χ1v) is 13.8. The minimum absolute atomic E-state index is 0.251. The number of aryl methyl sites for hydroxylation is 1. The average molecular weight is 538 g/mol. The Bertz CT molecular complexity index is 1240. The lowest BCUT2D eigenvalue weighted by Crippen LogP contribution is -2.09. The third kappa shape index (κ3) is 8.09. The Hall–Kier alpha value is -2.80. The summed E-state index contributed by atoms with van der Waals surface area (Å²) in [6.07, 6.45) is 1.85. The van der Waals surface area contributed by atoms with Crippen LogP contribution in [-0.4, -0.2) is 21.6 Å². The summed E-state index contributed by atoms with van der Waals surface area (Å²) in [5.41, 5.74) is 4.38. The normalized spacial score (nSPS) is 10.8. The zero-order valence-corrected chi connectivity index (χ0v) is 24.1. The first-order chi connectivity index (χ1) is 17.9. The van der Waals surface area contributed by atoms with Crippen molar-refractivity contribution >= 4 is 23.4 Å². The van der Waals surface area contributed by atoms with Gasteiger partial charge in [-0.05, 0) is 47.7 Å². The lowest BCUT2D eigenvalue weighted by Gasteiger charge is -2.14. The molecule has 4 aromatic rings. The second-order valence-electron chi connectivity index (χ2n) is 8.71. The van der Waals surface area contributed by atoms with Crippen molar-refractivity contribution in [3.8, 4) is 5.88 Å². The third-order valence-corrected chi connectivity index (χ3v) is 6.81. The zero-order valence-electron chi connectivity index (χ0n) is 22.5. The summed E-state index contributed by atoms with van der Waals surface area (Å²) in [7, 11) is 1.62. The van der Waals surface area contributed by atoms with Crippen LogP contribution in [0.2, 0.25) is 5.02 Å². The van der Waals surface area contributed by atoms with Crippen molar-refractivity contribution in [1.82, 2.24) is 14.5 Å². The Morgan fingerprint density at radius 1 is 0.973 bits per heavy atom. The fourth-order valence-electron chi connectivity index (χ4n) is 3.77. The highest BCUT2D eigenvalue weighted by Gasteiger charge is 2.21. The van der Waals surface area contributed by atoms with Crippen LogP contribution in [-0.2, 0) is 24.5 Å².